The standard InChI is InChI=1S/C17H14O2S.2C2H4O2/c1-11-16(18)15(12-7-3-2-4-8-12)17(19)13-9-5-6-10-14(13)20-11;2*1-2(3)4/h2-10,18-19H,1H3;2*1H3,(H,3,4). The highest BCUT2D eigenvalue weighted by Gasteiger charge is 2.23. The van der Waals surface area contributed by atoms with Gasteiger partial charge >= 0.3 is 0 Å². The van der Waals surface area contributed by atoms with E-state index < -0.39 is 11.9 Å². The van der Waals surface area contributed by atoms with Crippen LogP contribution < -0.4 is 0 Å². The van der Waals surface area contributed by atoms with Gasteiger partial charge in [-0.05, 0) is 18.6 Å². The molecule has 0 atom stereocenters. The van der Waals surface area contributed by atoms with Crippen LogP contribution in [0.1, 0.15) is 31.9 Å². The lowest BCUT2D eigenvalue weighted by Crippen LogP contribution is -1.95. The Balaban J connectivity index is 0.000000420. The van der Waals surface area contributed by atoms with Crippen molar-refractivity contribution in [2.45, 2.75) is 25.7 Å². The van der Waals surface area contributed by atoms with Crippen LogP contribution in [0.25, 0.3) is 11.3 Å². The van der Waals surface area contributed by atoms with Crippen molar-refractivity contribution in [3.63, 3.8) is 0 Å². The minimum atomic E-state index is -0.833. The summed E-state index contributed by atoms with van der Waals surface area (Å²) in [5.74, 6) is -1.41. The number of allylic oxidation sites excluding steroid dienone is 2. The van der Waals surface area contributed by atoms with E-state index in [4.69, 9.17) is 19.8 Å². The highest BCUT2D eigenvalue weighted by Crippen LogP contribution is 2.43. The van der Waals surface area contributed by atoms with Crippen LogP contribution in [0, 0.1) is 0 Å². The first-order valence-corrected chi connectivity index (χ1v) is 9.02. The first kappa shape index (κ1) is 22.9. The van der Waals surface area contributed by atoms with Crippen LogP contribution in [-0.2, 0) is 9.59 Å². The predicted molar refractivity (Wildman–Crippen MR) is 110 cm³/mol. The van der Waals surface area contributed by atoms with E-state index in [1.807, 2.05) is 61.5 Å². The second-order valence-corrected chi connectivity index (χ2v) is 6.89. The van der Waals surface area contributed by atoms with Gasteiger partial charge in [0.25, 0.3) is 11.9 Å². The van der Waals surface area contributed by atoms with E-state index in [0.29, 0.717) is 5.57 Å². The van der Waals surface area contributed by atoms with Gasteiger partial charge in [0, 0.05) is 29.2 Å². The van der Waals surface area contributed by atoms with Gasteiger partial charge in [0.1, 0.15) is 11.5 Å². The van der Waals surface area contributed by atoms with Crippen molar-refractivity contribution in [1.82, 2.24) is 0 Å². The molecule has 0 saturated carbocycles. The van der Waals surface area contributed by atoms with E-state index >= 15 is 0 Å². The molecule has 148 valence electrons. The quantitative estimate of drug-likeness (QED) is 0.519. The van der Waals surface area contributed by atoms with E-state index in [1.165, 1.54) is 11.8 Å². The number of rotatable bonds is 1. The molecule has 0 saturated heterocycles. The van der Waals surface area contributed by atoms with Gasteiger partial charge in [0.05, 0.1) is 5.57 Å². The number of carboxylic acid groups (broad SMARTS) is 2. The number of aliphatic carboxylic acids is 2. The summed E-state index contributed by atoms with van der Waals surface area (Å²) in [6.07, 6.45) is 0. The molecule has 0 fully saturated rings. The molecule has 0 aromatic heterocycles. The number of hydrogen-bond acceptors (Lipinski definition) is 5. The molecule has 7 heteroatoms. The van der Waals surface area contributed by atoms with Crippen LogP contribution in [0.3, 0.4) is 0 Å². The maximum Gasteiger partial charge on any atom is 0.300 e. The molecule has 0 amide bonds. The number of aliphatic hydroxyl groups is 2. The van der Waals surface area contributed by atoms with Gasteiger partial charge in [-0.1, -0.05) is 60.3 Å². The summed E-state index contributed by atoms with van der Waals surface area (Å²) >= 11 is 1.47. The van der Waals surface area contributed by atoms with Crippen LogP contribution in [0.4, 0.5) is 0 Å². The van der Waals surface area contributed by atoms with E-state index in [2.05, 4.69) is 0 Å². The number of carbonyl (C=O) groups is 2. The summed E-state index contributed by atoms with van der Waals surface area (Å²) in [5, 5.41) is 35.9. The summed E-state index contributed by atoms with van der Waals surface area (Å²) in [6, 6.07) is 17.1. The highest BCUT2D eigenvalue weighted by molar-refractivity contribution is 8.03. The van der Waals surface area contributed by atoms with Crippen LogP contribution in [0.2, 0.25) is 0 Å². The summed E-state index contributed by atoms with van der Waals surface area (Å²) in [5.41, 5.74) is 2.04. The molecule has 3 rings (SSSR count). The zero-order chi connectivity index (χ0) is 21.3. The Morgan fingerprint density at radius 1 is 0.786 bits per heavy atom. The van der Waals surface area contributed by atoms with Gasteiger partial charge in [-0.2, -0.15) is 0 Å². The molecular weight excluding hydrogens is 380 g/mol. The monoisotopic (exact) mass is 402 g/mol. The molecule has 1 aliphatic rings. The summed E-state index contributed by atoms with van der Waals surface area (Å²) in [6.45, 7) is 4.03. The molecule has 2 aromatic carbocycles. The van der Waals surface area contributed by atoms with Crippen molar-refractivity contribution in [1.29, 1.82) is 0 Å². The predicted octanol–water partition coefficient (Wildman–Crippen LogP) is 5.19. The Bertz CT molecular complexity index is 880. The molecule has 0 radical (unpaired) electrons. The van der Waals surface area contributed by atoms with Gasteiger partial charge in [-0.3, -0.25) is 9.59 Å². The van der Waals surface area contributed by atoms with Crippen molar-refractivity contribution < 1.29 is 30.0 Å². The van der Waals surface area contributed by atoms with Crippen molar-refractivity contribution in [3.8, 4) is 0 Å². The van der Waals surface area contributed by atoms with E-state index in [0.717, 1.165) is 34.8 Å². The smallest absolute Gasteiger partial charge is 0.300 e. The van der Waals surface area contributed by atoms with E-state index in [-0.39, 0.29) is 11.5 Å². The Kier molecular flexibility index (Phi) is 8.84. The van der Waals surface area contributed by atoms with Crippen LogP contribution in [-0.4, -0.2) is 32.4 Å². The van der Waals surface area contributed by atoms with Gasteiger partial charge in [-0.15, -0.1) is 0 Å². The minimum absolute atomic E-state index is 0.119. The molecule has 4 N–H and O–H groups in total. The lowest BCUT2D eigenvalue weighted by Gasteiger charge is -2.10. The Morgan fingerprint density at radius 2 is 1.25 bits per heavy atom. The topological polar surface area (TPSA) is 115 Å². The molecule has 0 bridgehead atoms. The Labute approximate surface area is 167 Å². The average molecular weight is 402 g/mol. The number of fused-ring (bicyclic) bond motifs is 1. The van der Waals surface area contributed by atoms with E-state index in [9.17, 15) is 10.2 Å². The number of carboxylic acids is 2. The first-order valence-electron chi connectivity index (χ1n) is 8.20. The second kappa shape index (κ2) is 10.8. The third kappa shape index (κ3) is 6.85. The molecule has 0 spiro atoms. The minimum Gasteiger partial charge on any atom is -0.506 e. The van der Waals surface area contributed by atoms with Crippen molar-refractivity contribution in [2.24, 2.45) is 0 Å². The summed E-state index contributed by atoms with van der Waals surface area (Å²) in [7, 11) is 0. The maximum absolute atomic E-state index is 10.6. The van der Waals surface area contributed by atoms with Crippen LogP contribution in [0.15, 0.2) is 70.2 Å². The molecule has 2 aromatic rings. The van der Waals surface area contributed by atoms with Gasteiger partial charge in [-0.25, -0.2) is 0 Å². The summed E-state index contributed by atoms with van der Waals surface area (Å²) in [4.78, 5) is 19.7. The number of thioether (sulfide) groups is 1. The van der Waals surface area contributed by atoms with E-state index in [1.54, 1.807) is 0 Å². The normalized spacial score (nSPS) is 12.5. The zero-order valence-corrected chi connectivity index (χ0v) is 16.5. The Hall–Kier alpha value is -3.19. The SMILES string of the molecule is CC(=O)O.CC(=O)O.CC1=C(O)C(c2ccccc2)=C(O)c2ccccc2S1. The first-order chi connectivity index (χ1) is 13.1. The fourth-order valence-corrected chi connectivity index (χ4v) is 3.22. The fourth-order valence-electron chi connectivity index (χ4n) is 2.27. The van der Waals surface area contributed by atoms with Crippen LogP contribution >= 0.6 is 11.8 Å². The lowest BCUT2D eigenvalue weighted by atomic mass is 9.99. The Morgan fingerprint density at radius 3 is 1.79 bits per heavy atom. The molecule has 0 aliphatic carbocycles. The van der Waals surface area contributed by atoms with Crippen molar-refractivity contribution >= 4 is 35.0 Å². The molecule has 1 aliphatic heterocycles. The van der Waals surface area contributed by atoms with Gasteiger partial charge in [0.2, 0.25) is 0 Å². The zero-order valence-electron chi connectivity index (χ0n) is 15.7. The molecule has 28 heavy (non-hydrogen) atoms. The summed E-state index contributed by atoms with van der Waals surface area (Å²) < 4.78 is 0. The molecule has 0 unspecified atom stereocenters. The molecular formula is C21H22O6S. The third-order valence-electron chi connectivity index (χ3n) is 3.27. The maximum atomic E-state index is 10.6. The largest absolute Gasteiger partial charge is 0.506 e. The number of benzene rings is 2. The van der Waals surface area contributed by atoms with Gasteiger partial charge in [0.15, 0.2) is 0 Å². The lowest BCUT2D eigenvalue weighted by molar-refractivity contribution is -0.135. The highest BCUT2D eigenvalue weighted by atomic mass is 32.2. The van der Waals surface area contributed by atoms with Gasteiger partial charge < -0.3 is 20.4 Å². The fraction of sp³-hybridized carbons (Fsp3) is 0.143. The second-order valence-electron chi connectivity index (χ2n) is 5.63. The average Bonchev–Trinajstić information content (AvgIpc) is 2.70. The van der Waals surface area contributed by atoms with Crippen LogP contribution in [0.5, 0.6) is 0 Å². The third-order valence-corrected chi connectivity index (χ3v) is 4.35. The van der Waals surface area contributed by atoms with Crippen molar-refractivity contribution in [3.05, 3.63) is 76.4 Å². The number of aliphatic hydroxyl groups excluding tert-OH is 2. The number of hydrogen-bond donors (Lipinski definition) is 4. The molecule has 1 heterocycles. The van der Waals surface area contributed by atoms with Crippen molar-refractivity contribution in [2.75, 3.05) is 0 Å². The molecule has 6 nitrogen and oxygen atoms in total.